The summed E-state index contributed by atoms with van der Waals surface area (Å²) in [6, 6.07) is 0. The Kier molecular flexibility index (Phi) is 10.5. The number of quaternary nitrogens is 1. The number of hydrogen-bond acceptors (Lipinski definition) is 0. The standard InChI is InChI=1S/C11H24N.BrH/c1-5-6-7-8-9-10-11-12(2,3)4;/h7-8H,5-6,9-11H2,1-4H3;1H/q+1;/p-1/b8-7+;. The van der Waals surface area contributed by atoms with Crippen LogP contribution >= 0.6 is 0 Å². The maximum atomic E-state index is 2.32. The van der Waals surface area contributed by atoms with Crippen LogP contribution < -0.4 is 17.0 Å². The topological polar surface area (TPSA) is 0 Å². The van der Waals surface area contributed by atoms with E-state index in [1.165, 1.54) is 32.2 Å². The lowest BCUT2D eigenvalue weighted by Gasteiger charge is -2.23. The van der Waals surface area contributed by atoms with Crippen molar-refractivity contribution in [3.8, 4) is 0 Å². The Morgan fingerprint density at radius 2 is 1.54 bits per heavy atom. The molecule has 0 atom stereocenters. The van der Waals surface area contributed by atoms with Gasteiger partial charge in [0.2, 0.25) is 0 Å². The summed E-state index contributed by atoms with van der Waals surface area (Å²) in [6.07, 6.45) is 9.68. The Morgan fingerprint density at radius 1 is 1.00 bits per heavy atom. The van der Waals surface area contributed by atoms with Crippen molar-refractivity contribution in [2.24, 2.45) is 0 Å². The van der Waals surface area contributed by atoms with E-state index in [0.29, 0.717) is 0 Å². The highest BCUT2D eigenvalue weighted by Crippen LogP contribution is 1.99. The van der Waals surface area contributed by atoms with Crippen molar-refractivity contribution in [3.05, 3.63) is 12.2 Å². The maximum Gasteiger partial charge on any atom is 0.0783 e. The molecular weight excluding hydrogens is 226 g/mol. The van der Waals surface area contributed by atoms with Gasteiger partial charge in [-0.3, -0.25) is 0 Å². The van der Waals surface area contributed by atoms with E-state index in [0.717, 1.165) is 4.48 Å². The van der Waals surface area contributed by atoms with Gasteiger partial charge in [0.15, 0.2) is 0 Å². The molecule has 0 saturated heterocycles. The van der Waals surface area contributed by atoms with Gasteiger partial charge in [-0.1, -0.05) is 25.5 Å². The summed E-state index contributed by atoms with van der Waals surface area (Å²) in [6.45, 7) is 3.49. The number of hydrogen-bond donors (Lipinski definition) is 0. The minimum Gasteiger partial charge on any atom is -1.00 e. The quantitative estimate of drug-likeness (QED) is 0.349. The lowest BCUT2D eigenvalue weighted by atomic mass is 10.2. The lowest BCUT2D eigenvalue weighted by Crippen LogP contribution is -3.00. The van der Waals surface area contributed by atoms with Crippen LogP contribution in [0.5, 0.6) is 0 Å². The molecular formula is C11H24BrN. The first-order chi connectivity index (χ1) is 5.56. The van der Waals surface area contributed by atoms with E-state index in [1.54, 1.807) is 0 Å². The fourth-order valence-corrected chi connectivity index (χ4v) is 1.09. The van der Waals surface area contributed by atoms with Gasteiger partial charge in [-0.25, -0.2) is 0 Å². The van der Waals surface area contributed by atoms with Crippen LogP contribution in [0.1, 0.15) is 32.6 Å². The zero-order valence-electron chi connectivity index (χ0n) is 9.52. The Bertz CT molecular complexity index is 125. The Morgan fingerprint density at radius 3 is 2.00 bits per heavy atom. The number of unbranched alkanes of at least 4 members (excludes halogenated alkanes) is 2. The number of halogens is 1. The van der Waals surface area contributed by atoms with E-state index >= 15 is 0 Å². The first-order valence-electron chi connectivity index (χ1n) is 5.01. The third-order valence-electron chi connectivity index (χ3n) is 1.82. The van der Waals surface area contributed by atoms with Crippen molar-refractivity contribution in [1.29, 1.82) is 0 Å². The molecule has 1 nitrogen and oxygen atoms in total. The molecule has 0 aliphatic rings. The second-order valence-electron chi connectivity index (χ2n) is 4.42. The highest BCUT2D eigenvalue weighted by Gasteiger charge is 2.03. The van der Waals surface area contributed by atoms with Crippen LogP contribution in [0.4, 0.5) is 0 Å². The Balaban J connectivity index is 0. The molecule has 0 spiro atoms. The lowest BCUT2D eigenvalue weighted by molar-refractivity contribution is -0.870. The van der Waals surface area contributed by atoms with E-state index in [9.17, 15) is 0 Å². The molecule has 2 heteroatoms. The minimum absolute atomic E-state index is 0. The van der Waals surface area contributed by atoms with Crippen molar-refractivity contribution >= 4 is 0 Å². The van der Waals surface area contributed by atoms with Gasteiger partial charge < -0.3 is 21.5 Å². The summed E-state index contributed by atoms with van der Waals surface area (Å²) in [7, 11) is 6.74. The molecule has 0 aliphatic carbocycles. The number of nitrogens with zero attached hydrogens (tertiary/aromatic N) is 1. The van der Waals surface area contributed by atoms with Gasteiger partial charge in [0.25, 0.3) is 0 Å². The van der Waals surface area contributed by atoms with E-state index < -0.39 is 0 Å². The van der Waals surface area contributed by atoms with Gasteiger partial charge in [-0.2, -0.15) is 0 Å². The molecule has 0 amide bonds. The van der Waals surface area contributed by atoms with E-state index in [4.69, 9.17) is 0 Å². The Hall–Kier alpha value is 0.180. The van der Waals surface area contributed by atoms with Crippen molar-refractivity contribution < 1.29 is 21.5 Å². The highest BCUT2D eigenvalue weighted by molar-refractivity contribution is 4.80. The number of allylic oxidation sites excluding steroid dienone is 2. The molecule has 0 aromatic carbocycles. The third-order valence-corrected chi connectivity index (χ3v) is 1.82. The molecule has 0 fully saturated rings. The zero-order chi connectivity index (χ0) is 9.45. The summed E-state index contributed by atoms with van der Waals surface area (Å²) >= 11 is 0. The van der Waals surface area contributed by atoms with Gasteiger partial charge in [-0.05, 0) is 19.3 Å². The molecule has 80 valence electrons. The van der Waals surface area contributed by atoms with Gasteiger partial charge in [0.1, 0.15) is 0 Å². The summed E-state index contributed by atoms with van der Waals surface area (Å²) in [5, 5.41) is 0. The van der Waals surface area contributed by atoms with Crippen molar-refractivity contribution in [2.45, 2.75) is 32.6 Å². The molecule has 0 N–H and O–H groups in total. The second-order valence-corrected chi connectivity index (χ2v) is 4.42. The first kappa shape index (κ1) is 15.6. The van der Waals surface area contributed by atoms with Crippen molar-refractivity contribution in [1.82, 2.24) is 0 Å². The normalized spacial score (nSPS) is 11.7. The van der Waals surface area contributed by atoms with Crippen LogP contribution in [0.2, 0.25) is 0 Å². The Labute approximate surface area is 94.2 Å². The van der Waals surface area contributed by atoms with E-state index in [-0.39, 0.29) is 17.0 Å². The molecule has 0 aromatic rings. The summed E-state index contributed by atoms with van der Waals surface area (Å²) in [5.74, 6) is 0. The predicted molar refractivity (Wildman–Crippen MR) is 56.2 cm³/mol. The molecule has 0 saturated carbocycles. The summed E-state index contributed by atoms with van der Waals surface area (Å²) in [5.41, 5.74) is 0. The first-order valence-corrected chi connectivity index (χ1v) is 5.01. The third kappa shape index (κ3) is 15.0. The van der Waals surface area contributed by atoms with Crippen LogP contribution in [0, 0.1) is 0 Å². The van der Waals surface area contributed by atoms with Gasteiger partial charge in [0, 0.05) is 0 Å². The van der Waals surface area contributed by atoms with Crippen LogP contribution in [-0.4, -0.2) is 32.2 Å². The van der Waals surface area contributed by atoms with Crippen molar-refractivity contribution in [2.75, 3.05) is 27.7 Å². The molecule has 0 radical (unpaired) electrons. The molecule has 13 heavy (non-hydrogen) atoms. The fourth-order valence-electron chi connectivity index (χ4n) is 1.09. The highest BCUT2D eigenvalue weighted by atomic mass is 79.9. The average molecular weight is 250 g/mol. The summed E-state index contributed by atoms with van der Waals surface area (Å²) in [4.78, 5) is 0. The van der Waals surface area contributed by atoms with Crippen LogP contribution in [0.3, 0.4) is 0 Å². The number of rotatable bonds is 6. The van der Waals surface area contributed by atoms with Crippen LogP contribution in [-0.2, 0) is 0 Å². The van der Waals surface area contributed by atoms with Crippen molar-refractivity contribution in [3.63, 3.8) is 0 Å². The fraction of sp³-hybridized carbons (Fsp3) is 0.818. The largest absolute Gasteiger partial charge is 1.00 e. The second kappa shape index (κ2) is 8.76. The monoisotopic (exact) mass is 249 g/mol. The van der Waals surface area contributed by atoms with Gasteiger partial charge in [0.05, 0.1) is 27.7 Å². The molecule has 0 aromatic heterocycles. The molecule has 0 unspecified atom stereocenters. The maximum absolute atomic E-state index is 2.32. The smallest absolute Gasteiger partial charge is 0.0783 e. The minimum atomic E-state index is 0. The van der Waals surface area contributed by atoms with Crippen LogP contribution in [0.25, 0.3) is 0 Å². The van der Waals surface area contributed by atoms with Gasteiger partial charge in [-0.15, -0.1) is 0 Å². The molecule has 0 heterocycles. The average Bonchev–Trinajstić information content (AvgIpc) is 1.94. The molecule has 0 aliphatic heterocycles. The van der Waals surface area contributed by atoms with E-state index in [2.05, 4.69) is 40.2 Å². The zero-order valence-corrected chi connectivity index (χ0v) is 11.1. The molecule has 0 rings (SSSR count). The SMILES string of the molecule is CCC/C=C/CCC[N+](C)(C)C.[Br-]. The predicted octanol–water partition coefficient (Wildman–Crippen LogP) is -0.167. The molecule has 0 bridgehead atoms. The van der Waals surface area contributed by atoms with Crippen LogP contribution in [0.15, 0.2) is 12.2 Å². The van der Waals surface area contributed by atoms with Gasteiger partial charge >= 0.3 is 0 Å². The summed E-state index contributed by atoms with van der Waals surface area (Å²) < 4.78 is 1.08. The van der Waals surface area contributed by atoms with E-state index in [1.807, 2.05) is 0 Å².